The Balaban J connectivity index is 2.36. The summed E-state index contributed by atoms with van der Waals surface area (Å²) in [6, 6.07) is 8.50. The minimum Gasteiger partial charge on any atom is -0.347 e. The molecule has 0 saturated heterocycles. The second-order valence-corrected chi connectivity index (χ2v) is 3.70. The molecular weight excluding hydrogens is 245 g/mol. The maximum atomic E-state index is 11.8. The van der Waals surface area contributed by atoms with Gasteiger partial charge in [-0.25, -0.2) is 0 Å². The summed E-state index contributed by atoms with van der Waals surface area (Å²) in [6.07, 6.45) is -4.05. The van der Waals surface area contributed by atoms with E-state index in [1.165, 1.54) is 0 Å². The van der Waals surface area contributed by atoms with Crippen LogP contribution >= 0.6 is 0 Å². The van der Waals surface area contributed by atoms with Gasteiger partial charge in [-0.1, -0.05) is 12.1 Å². The molecule has 1 aromatic carbocycles. The van der Waals surface area contributed by atoms with Crippen LogP contribution in [0.4, 0.5) is 13.2 Å². The fraction of sp³-hybridized carbons (Fsp3) is 0.333. The maximum absolute atomic E-state index is 11.8. The number of carbonyl (C=O) groups is 1. The van der Waals surface area contributed by atoms with Crippen molar-refractivity contribution in [2.75, 3.05) is 6.54 Å². The van der Waals surface area contributed by atoms with Crippen molar-refractivity contribution in [2.24, 2.45) is 0 Å². The number of alkyl halides is 3. The Bertz CT molecular complexity index is 446. The number of benzene rings is 1. The van der Waals surface area contributed by atoms with Crippen molar-refractivity contribution in [1.82, 2.24) is 5.32 Å². The molecule has 0 aliphatic carbocycles. The molecule has 3 nitrogen and oxygen atoms in total. The summed E-state index contributed by atoms with van der Waals surface area (Å²) >= 11 is 0. The van der Waals surface area contributed by atoms with Gasteiger partial charge in [0.25, 0.3) is 0 Å². The number of aryl methyl sites for hydroxylation is 1. The van der Waals surface area contributed by atoms with E-state index in [0.717, 1.165) is 5.56 Å². The Hall–Kier alpha value is -2.03. The van der Waals surface area contributed by atoms with Gasteiger partial charge in [-0.3, -0.25) is 4.79 Å². The van der Waals surface area contributed by atoms with Gasteiger partial charge in [0, 0.05) is 6.42 Å². The van der Waals surface area contributed by atoms with Gasteiger partial charge in [-0.15, -0.1) is 0 Å². The predicted molar refractivity (Wildman–Crippen MR) is 58.5 cm³/mol. The van der Waals surface area contributed by atoms with Crippen LogP contribution in [0.15, 0.2) is 24.3 Å². The standard InChI is InChI=1S/C12H11F3N2O/c13-12(14,15)8-17-11(18)6-5-9-1-3-10(7-16)4-2-9/h1-4H,5-6,8H2,(H,17,18). The molecule has 18 heavy (non-hydrogen) atoms. The molecule has 0 fully saturated rings. The zero-order chi connectivity index (χ0) is 13.6. The van der Waals surface area contributed by atoms with Crippen LogP contribution in [0.5, 0.6) is 0 Å². The number of halogens is 3. The maximum Gasteiger partial charge on any atom is 0.405 e. The van der Waals surface area contributed by atoms with Crippen LogP contribution < -0.4 is 5.32 Å². The van der Waals surface area contributed by atoms with Crippen LogP contribution in [0, 0.1) is 11.3 Å². The minimum absolute atomic E-state index is 0.0119. The van der Waals surface area contributed by atoms with Crippen molar-refractivity contribution in [2.45, 2.75) is 19.0 Å². The van der Waals surface area contributed by atoms with Gasteiger partial charge in [0.2, 0.25) is 5.91 Å². The fourth-order valence-electron chi connectivity index (χ4n) is 1.29. The summed E-state index contributed by atoms with van der Waals surface area (Å²) in [6.45, 7) is -1.31. The van der Waals surface area contributed by atoms with Gasteiger partial charge >= 0.3 is 6.18 Å². The highest BCUT2D eigenvalue weighted by Gasteiger charge is 2.27. The molecule has 96 valence electrons. The topological polar surface area (TPSA) is 52.9 Å². The molecule has 6 heteroatoms. The van der Waals surface area contributed by atoms with Crippen molar-refractivity contribution in [1.29, 1.82) is 5.26 Å². The second kappa shape index (κ2) is 6.05. The van der Waals surface area contributed by atoms with Crippen molar-refractivity contribution >= 4 is 5.91 Å². The first kappa shape index (κ1) is 14.0. The van der Waals surface area contributed by atoms with E-state index in [1.54, 1.807) is 29.6 Å². The van der Waals surface area contributed by atoms with E-state index in [4.69, 9.17) is 5.26 Å². The average molecular weight is 256 g/mol. The molecule has 0 aliphatic heterocycles. The number of hydrogen-bond donors (Lipinski definition) is 1. The first-order chi connectivity index (χ1) is 8.40. The van der Waals surface area contributed by atoms with Gasteiger partial charge in [0.05, 0.1) is 11.6 Å². The van der Waals surface area contributed by atoms with E-state index < -0.39 is 18.6 Å². The normalized spacial score (nSPS) is 10.8. The van der Waals surface area contributed by atoms with E-state index >= 15 is 0 Å². The molecule has 0 spiro atoms. The van der Waals surface area contributed by atoms with Crippen molar-refractivity contribution in [3.8, 4) is 6.07 Å². The minimum atomic E-state index is -4.38. The third kappa shape index (κ3) is 5.34. The molecule has 1 aromatic rings. The van der Waals surface area contributed by atoms with Crippen LogP contribution in [-0.2, 0) is 11.2 Å². The highest BCUT2D eigenvalue weighted by atomic mass is 19.4. The van der Waals surface area contributed by atoms with Gasteiger partial charge in [0.15, 0.2) is 0 Å². The summed E-state index contributed by atoms with van der Waals surface area (Å²) in [7, 11) is 0. The molecule has 0 heterocycles. The number of rotatable bonds is 4. The first-order valence-electron chi connectivity index (χ1n) is 5.23. The molecular formula is C12H11F3N2O. The SMILES string of the molecule is N#Cc1ccc(CCC(=O)NCC(F)(F)F)cc1. The van der Waals surface area contributed by atoms with E-state index in [-0.39, 0.29) is 6.42 Å². The summed E-state index contributed by atoms with van der Waals surface area (Å²) in [5.74, 6) is -0.642. The molecule has 0 radical (unpaired) electrons. The lowest BCUT2D eigenvalue weighted by atomic mass is 10.1. The largest absolute Gasteiger partial charge is 0.405 e. The monoisotopic (exact) mass is 256 g/mol. The number of hydrogen-bond acceptors (Lipinski definition) is 2. The Morgan fingerprint density at radius 2 is 1.89 bits per heavy atom. The lowest BCUT2D eigenvalue weighted by molar-refractivity contribution is -0.138. The van der Waals surface area contributed by atoms with Crippen LogP contribution in [0.3, 0.4) is 0 Å². The number of nitriles is 1. The molecule has 0 atom stereocenters. The third-order valence-electron chi connectivity index (χ3n) is 2.21. The first-order valence-corrected chi connectivity index (χ1v) is 5.23. The lowest BCUT2D eigenvalue weighted by Gasteiger charge is -2.08. The zero-order valence-corrected chi connectivity index (χ0v) is 9.42. The quantitative estimate of drug-likeness (QED) is 0.897. The average Bonchev–Trinajstić information content (AvgIpc) is 2.33. The van der Waals surface area contributed by atoms with Gasteiger partial charge in [0.1, 0.15) is 6.54 Å². The summed E-state index contributed by atoms with van der Waals surface area (Å²) < 4.78 is 35.5. The number of nitrogens with one attached hydrogen (secondary N) is 1. The zero-order valence-electron chi connectivity index (χ0n) is 9.42. The Kier molecular flexibility index (Phi) is 4.72. The van der Waals surface area contributed by atoms with E-state index in [2.05, 4.69) is 0 Å². The fourth-order valence-corrected chi connectivity index (χ4v) is 1.29. The van der Waals surface area contributed by atoms with Gasteiger partial charge < -0.3 is 5.32 Å². The van der Waals surface area contributed by atoms with Gasteiger partial charge in [-0.2, -0.15) is 18.4 Å². The summed E-state index contributed by atoms with van der Waals surface area (Å²) in [5.41, 5.74) is 1.30. The number of carbonyl (C=O) groups excluding carboxylic acids is 1. The van der Waals surface area contributed by atoms with Crippen LogP contribution in [0.2, 0.25) is 0 Å². The molecule has 1 rings (SSSR count). The molecule has 0 bridgehead atoms. The van der Waals surface area contributed by atoms with Crippen LogP contribution in [0.25, 0.3) is 0 Å². The second-order valence-electron chi connectivity index (χ2n) is 3.70. The Labute approximate surface area is 102 Å². The molecule has 0 aromatic heterocycles. The van der Waals surface area contributed by atoms with Crippen LogP contribution in [0.1, 0.15) is 17.5 Å². The summed E-state index contributed by atoms with van der Waals surface area (Å²) in [4.78, 5) is 11.1. The third-order valence-corrected chi connectivity index (χ3v) is 2.21. The molecule has 1 amide bonds. The molecule has 1 N–H and O–H groups in total. The Morgan fingerprint density at radius 3 is 2.39 bits per heavy atom. The predicted octanol–water partition coefficient (Wildman–Crippen LogP) is 2.17. The van der Waals surface area contributed by atoms with Crippen molar-refractivity contribution in [3.63, 3.8) is 0 Å². The van der Waals surface area contributed by atoms with Crippen LogP contribution in [-0.4, -0.2) is 18.6 Å². The number of amides is 1. The smallest absolute Gasteiger partial charge is 0.347 e. The Morgan fingerprint density at radius 1 is 1.28 bits per heavy atom. The van der Waals surface area contributed by atoms with E-state index in [0.29, 0.717) is 12.0 Å². The molecule has 0 saturated carbocycles. The van der Waals surface area contributed by atoms with Crippen molar-refractivity contribution < 1.29 is 18.0 Å². The van der Waals surface area contributed by atoms with E-state index in [9.17, 15) is 18.0 Å². The number of nitrogens with zero attached hydrogens (tertiary/aromatic N) is 1. The lowest BCUT2D eigenvalue weighted by Crippen LogP contribution is -2.33. The van der Waals surface area contributed by atoms with E-state index in [1.807, 2.05) is 6.07 Å². The summed E-state index contributed by atoms with van der Waals surface area (Å²) in [5, 5.41) is 10.4. The molecule has 0 unspecified atom stereocenters. The van der Waals surface area contributed by atoms with Gasteiger partial charge in [-0.05, 0) is 24.1 Å². The highest BCUT2D eigenvalue weighted by molar-refractivity contribution is 5.76. The van der Waals surface area contributed by atoms with Crippen molar-refractivity contribution in [3.05, 3.63) is 35.4 Å². The molecule has 0 aliphatic rings. The highest BCUT2D eigenvalue weighted by Crippen LogP contribution is 2.12.